The summed E-state index contributed by atoms with van der Waals surface area (Å²) in [6, 6.07) is 20.7. The lowest BCUT2D eigenvalue weighted by molar-refractivity contribution is -0.121. The van der Waals surface area contributed by atoms with Gasteiger partial charge < -0.3 is 4.74 Å². The van der Waals surface area contributed by atoms with Crippen molar-refractivity contribution in [1.29, 1.82) is 0 Å². The third-order valence-corrected chi connectivity index (χ3v) is 4.93. The van der Waals surface area contributed by atoms with Gasteiger partial charge in [0.25, 0.3) is 5.91 Å². The lowest BCUT2D eigenvalue weighted by atomic mass is 10.0. The van der Waals surface area contributed by atoms with Crippen LogP contribution in [0.2, 0.25) is 0 Å². The first kappa shape index (κ1) is 21.4. The zero-order valence-corrected chi connectivity index (χ0v) is 17.3. The third-order valence-electron chi connectivity index (χ3n) is 4.93. The molecule has 0 saturated carbocycles. The van der Waals surface area contributed by atoms with Crippen molar-refractivity contribution >= 4 is 22.6 Å². The minimum Gasteiger partial charge on any atom is -0.494 e. The van der Waals surface area contributed by atoms with Crippen LogP contribution in [-0.2, 0) is 11.2 Å². The molecule has 0 unspecified atom stereocenters. The summed E-state index contributed by atoms with van der Waals surface area (Å²) in [6.45, 7) is 2.85. The van der Waals surface area contributed by atoms with E-state index >= 15 is 0 Å². The van der Waals surface area contributed by atoms with Crippen LogP contribution in [0.1, 0.15) is 48.5 Å². The Morgan fingerprint density at radius 1 is 0.833 bits per heavy atom. The number of hydrogen-bond acceptors (Lipinski definition) is 3. The SMILES string of the molecule is CCCCCCOc1ccc(C(=O)NNC(=O)Cc2cccc3ccccc23)cc1. The zero-order valence-electron chi connectivity index (χ0n) is 17.3. The number of carbonyl (C=O) groups excluding carboxylic acids is 2. The summed E-state index contributed by atoms with van der Waals surface area (Å²) in [5.41, 5.74) is 6.34. The van der Waals surface area contributed by atoms with E-state index in [0.29, 0.717) is 12.2 Å². The molecule has 0 saturated heterocycles. The van der Waals surface area contributed by atoms with E-state index in [2.05, 4.69) is 17.8 Å². The molecule has 0 heterocycles. The molecule has 0 bridgehead atoms. The van der Waals surface area contributed by atoms with E-state index in [1.807, 2.05) is 42.5 Å². The zero-order chi connectivity index (χ0) is 21.2. The lowest BCUT2D eigenvalue weighted by Gasteiger charge is -2.10. The highest BCUT2D eigenvalue weighted by Crippen LogP contribution is 2.18. The molecule has 5 nitrogen and oxygen atoms in total. The van der Waals surface area contributed by atoms with Crippen molar-refractivity contribution in [3.05, 3.63) is 77.9 Å². The number of ether oxygens (including phenoxy) is 1. The second-order valence-corrected chi connectivity index (χ2v) is 7.25. The van der Waals surface area contributed by atoms with Crippen LogP contribution < -0.4 is 15.6 Å². The molecule has 30 heavy (non-hydrogen) atoms. The Labute approximate surface area is 177 Å². The van der Waals surface area contributed by atoms with E-state index in [9.17, 15) is 9.59 Å². The van der Waals surface area contributed by atoms with Gasteiger partial charge in [-0.1, -0.05) is 68.7 Å². The predicted molar refractivity (Wildman–Crippen MR) is 119 cm³/mol. The van der Waals surface area contributed by atoms with Gasteiger partial charge in [0.2, 0.25) is 5.91 Å². The number of fused-ring (bicyclic) bond motifs is 1. The average Bonchev–Trinajstić information content (AvgIpc) is 2.78. The first-order valence-corrected chi connectivity index (χ1v) is 10.5. The maximum absolute atomic E-state index is 12.3. The van der Waals surface area contributed by atoms with Crippen molar-refractivity contribution in [3.63, 3.8) is 0 Å². The second-order valence-electron chi connectivity index (χ2n) is 7.25. The van der Waals surface area contributed by atoms with Crippen molar-refractivity contribution in [3.8, 4) is 5.75 Å². The van der Waals surface area contributed by atoms with Gasteiger partial charge in [-0.05, 0) is 47.0 Å². The van der Waals surface area contributed by atoms with E-state index in [-0.39, 0.29) is 18.2 Å². The number of rotatable bonds is 9. The summed E-state index contributed by atoms with van der Waals surface area (Å²) < 4.78 is 5.69. The number of hydrogen-bond donors (Lipinski definition) is 2. The van der Waals surface area contributed by atoms with Crippen molar-refractivity contribution in [2.45, 2.75) is 39.0 Å². The van der Waals surface area contributed by atoms with Crippen LogP contribution in [0.25, 0.3) is 10.8 Å². The summed E-state index contributed by atoms with van der Waals surface area (Å²) in [5.74, 6) is 0.102. The number of nitrogens with one attached hydrogen (secondary N) is 2. The Balaban J connectivity index is 1.47. The molecule has 5 heteroatoms. The minimum absolute atomic E-state index is 0.187. The van der Waals surface area contributed by atoms with Crippen LogP contribution in [0.3, 0.4) is 0 Å². The highest BCUT2D eigenvalue weighted by molar-refractivity contribution is 5.96. The molecular formula is C25H28N2O3. The van der Waals surface area contributed by atoms with Crippen LogP contribution in [0.15, 0.2) is 66.7 Å². The summed E-state index contributed by atoms with van der Waals surface area (Å²) in [6.07, 6.45) is 4.79. The number of unbranched alkanes of at least 4 members (excludes halogenated alkanes) is 3. The molecule has 2 amide bonds. The summed E-state index contributed by atoms with van der Waals surface area (Å²) in [7, 11) is 0. The van der Waals surface area contributed by atoms with Gasteiger partial charge in [-0.15, -0.1) is 0 Å². The minimum atomic E-state index is -0.365. The Bertz CT molecular complexity index is 978. The number of amides is 2. The highest BCUT2D eigenvalue weighted by atomic mass is 16.5. The van der Waals surface area contributed by atoms with Crippen LogP contribution in [0.5, 0.6) is 5.75 Å². The fraction of sp³-hybridized carbons (Fsp3) is 0.280. The van der Waals surface area contributed by atoms with E-state index in [1.54, 1.807) is 24.3 Å². The molecule has 2 N–H and O–H groups in total. The maximum atomic E-state index is 12.3. The molecule has 156 valence electrons. The summed E-state index contributed by atoms with van der Waals surface area (Å²) in [5, 5.41) is 2.12. The lowest BCUT2D eigenvalue weighted by Crippen LogP contribution is -2.42. The molecule has 3 rings (SSSR count). The van der Waals surface area contributed by atoms with Gasteiger partial charge in [0.1, 0.15) is 5.75 Å². The molecule has 0 spiro atoms. The van der Waals surface area contributed by atoms with E-state index in [0.717, 1.165) is 34.9 Å². The van der Waals surface area contributed by atoms with Crippen molar-refractivity contribution in [2.75, 3.05) is 6.61 Å². The highest BCUT2D eigenvalue weighted by Gasteiger charge is 2.10. The molecular weight excluding hydrogens is 376 g/mol. The molecule has 0 aliphatic carbocycles. The molecule has 0 atom stereocenters. The molecule has 0 fully saturated rings. The molecule has 0 aliphatic heterocycles. The third kappa shape index (κ3) is 6.08. The van der Waals surface area contributed by atoms with Crippen molar-refractivity contribution in [1.82, 2.24) is 10.9 Å². The Hall–Kier alpha value is -3.34. The van der Waals surface area contributed by atoms with Crippen LogP contribution >= 0.6 is 0 Å². The molecule has 3 aromatic rings. The van der Waals surface area contributed by atoms with Gasteiger partial charge in [-0.3, -0.25) is 20.4 Å². The monoisotopic (exact) mass is 404 g/mol. The standard InChI is InChI=1S/C25H28N2O3/c1-2-3-4-7-17-30-22-15-13-20(14-16-22)25(29)27-26-24(28)18-21-11-8-10-19-9-5-6-12-23(19)21/h5-6,8-16H,2-4,7,17-18H2,1H3,(H,26,28)(H,27,29). The van der Waals surface area contributed by atoms with Gasteiger partial charge >= 0.3 is 0 Å². The summed E-state index contributed by atoms with van der Waals surface area (Å²) in [4.78, 5) is 24.6. The number of hydrazine groups is 1. The fourth-order valence-corrected chi connectivity index (χ4v) is 3.28. The quantitative estimate of drug-likeness (QED) is 0.398. The van der Waals surface area contributed by atoms with Gasteiger partial charge in [0.05, 0.1) is 13.0 Å². The average molecular weight is 405 g/mol. The Morgan fingerprint density at radius 3 is 2.40 bits per heavy atom. The first-order chi connectivity index (χ1) is 14.7. The van der Waals surface area contributed by atoms with Crippen molar-refractivity contribution in [2.24, 2.45) is 0 Å². The van der Waals surface area contributed by atoms with Gasteiger partial charge in [0.15, 0.2) is 0 Å². The first-order valence-electron chi connectivity index (χ1n) is 10.5. The Kier molecular flexibility index (Phi) is 7.84. The van der Waals surface area contributed by atoms with E-state index in [4.69, 9.17) is 4.74 Å². The Morgan fingerprint density at radius 2 is 1.60 bits per heavy atom. The fourth-order valence-electron chi connectivity index (χ4n) is 3.28. The number of carbonyl (C=O) groups is 2. The van der Waals surface area contributed by atoms with E-state index in [1.165, 1.54) is 12.8 Å². The molecule has 0 aliphatic rings. The smallest absolute Gasteiger partial charge is 0.269 e. The normalized spacial score (nSPS) is 10.6. The second kappa shape index (κ2) is 11.0. The summed E-state index contributed by atoms with van der Waals surface area (Å²) >= 11 is 0. The molecule has 0 aromatic heterocycles. The maximum Gasteiger partial charge on any atom is 0.269 e. The van der Waals surface area contributed by atoms with E-state index < -0.39 is 0 Å². The molecule has 3 aromatic carbocycles. The predicted octanol–water partition coefficient (Wildman–Crippen LogP) is 4.80. The van der Waals surface area contributed by atoms with Gasteiger partial charge in [0, 0.05) is 5.56 Å². The topological polar surface area (TPSA) is 67.4 Å². The largest absolute Gasteiger partial charge is 0.494 e. The van der Waals surface area contributed by atoms with Crippen molar-refractivity contribution < 1.29 is 14.3 Å². The molecule has 0 radical (unpaired) electrons. The van der Waals surface area contributed by atoms with Crippen LogP contribution in [0.4, 0.5) is 0 Å². The van der Waals surface area contributed by atoms with Gasteiger partial charge in [-0.25, -0.2) is 0 Å². The van der Waals surface area contributed by atoms with Crippen LogP contribution in [0, 0.1) is 0 Å². The number of benzene rings is 3. The van der Waals surface area contributed by atoms with Crippen LogP contribution in [-0.4, -0.2) is 18.4 Å². The van der Waals surface area contributed by atoms with Gasteiger partial charge in [-0.2, -0.15) is 0 Å².